The number of piperazine rings is 1. The number of rotatable bonds is 3. The van der Waals surface area contributed by atoms with Crippen LogP contribution < -0.4 is 4.90 Å². The second kappa shape index (κ2) is 6.63. The fourth-order valence-corrected chi connectivity index (χ4v) is 5.21. The first-order valence-electron chi connectivity index (χ1n) is 9.50. The van der Waals surface area contributed by atoms with Crippen molar-refractivity contribution in [2.75, 3.05) is 31.1 Å². The van der Waals surface area contributed by atoms with E-state index in [0.717, 1.165) is 44.1 Å². The highest BCUT2D eigenvalue weighted by Gasteiger charge is 2.23. The number of aryl methyl sites for hydroxylation is 2. The van der Waals surface area contributed by atoms with Crippen molar-refractivity contribution in [2.45, 2.75) is 39.2 Å². The standard InChI is InChI=1S/C19H24N6S/c1-13-11-26-18-17(13)20-12-21-19(18)25-8-6-24(7-9-25)10-16-14-4-2-3-5-15(14)22-23-16/h11-12H,2-10H2,1H3,(H,22,23). The Morgan fingerprint density at radius 3 is 2.85 bits per heavy atom. The van der Waals surface area contributed by atoms with Crippen LogP contribution in [0.3, 0.4) is 0 Å². The second-order valence-corrected chi connectivity index (χ2v) is 8.27. The third-order valence-corrected chi connectivity index (χ3v) is 6.78. The van der Waals surface area contributed by atoms with Crippen LogP contribution in [0.25, 0.3) is 10.2 Å². The molecule has 5 rings (SSSR count). The monoisotopic (exact) mass is 368 g/mol. The Kier molecular flexibility index (Phi) is 4.13. The SMILES string of the molecule is Cc1csc2c(N3CCN(Cc4n[nH]c5c4CCCC5)CC3)ncnc12. The molecule has 3 aromatic rings. The lowest BCUT2D eigenvalue weighted by Crippen LogP contribution is -2.46. The second-order valence-electron chi connectivity index (χ2n) is 7.39. The minimum atomic E-state index is 0.969. The first kappa shape index (κ1) is 16.2. The topological polar surface area (TPSA) is 60.9 Å². The molecular formula is C19H24N6S. The summed E-state index contributed by atoms with van der Waals surface area (Å²) in [5, 5.41) is 10.1. The third-order valence-electron chi connectivity index (χ3n) is 5.70. The van der Waals surface area contributed by atoms with Crippen LogP contribution in [0, 0.1) is 6.92 Å². The molecule has 0 radical (unpaired) electrons. The van der Waals surface area contributed by atoms with Gasteiger partial charge >= 0.3 is 0 Å². The average molecular weight is 369 g/mol. The van der Waals surface area contributed by atoms with E-state index in [4.69, 9.17) is 0 Å². The molecule has 1 fully saturated rings. The molecule has 6 nitrogen and oxygen atoms in total. The van der Waals surface area contributed by atoms with Crippen molar-refractivity contribution in [3.63, 3.8) is 0 Å². The van der Waals surface area contributed by atoms with Crippen LogP contribution >= 0.6 is 11.3 Å². The van der Waals surface area contributed by atoms with Crippen molar-refractivity contribution in [3.05, 3.63) is 34.2 Å². The van der Waals surface area contributed by atoms with Gasteiger partial charge in [0.25, 0.3) is 0 Å². The zero-order valence-corrected chi connectivity index (χ0v) is 16.0. The maximum Gasteiger partial charge on any atom is 0.150 e. The molecule has 136 valence electrons. The summed E-state index contributed by atoms with van der Waals surface area (Å²) < 4.78 is 1.22. The van der Waals surface area contributed by atoms with Gasteiger partial charge in [0.2, 0.25) is 0 Å². The number of anilines is 1. The minimum Gasteiger partial charge on any atom is -0.353 e. The fourth-order valence-electron chi connectivity index (χ4n) is 4.19. The quantitative estimate of drug-likeness (QED) is 0.770. The number of nitrogens with one attached hydrogen (secondary N) is 1. The smallest absolute Gasteiger partial charge is 0.150 e. The molecule has 3 aromatic heterocycles. The first-order chi connectivity index (χ1) is 12.8. The fraction of sp³-hybridized carbons (Fsp3) is 0.526. The predicted molar refractivity (Wildman–Crippen MR) is 105 cm³/mol. The molecule has 0 spiro atoms. The molecule has 1 aliphatic heterocycles. The van der Waals surface area contributed by atoms with Gasteiger partial charge in [0.15, 0.2) is 0 Å². The van der Waals surface area contributed by atoms with Crippen LogP contribution in [-0.2, 0) is 19.4 Å². The molecule has 26 heavy (non-hydrogen) atoms. The van der Waals surface area contributed by atoms with Crippen LogP contribution in [-0.4, -0.2) is 51.2 Å². The number of nitrogens with zero attached hydrogens (tertiary/aromatic N) is 5. The maximum absolute atomic E-state index is 4.61. The highest BCUT2D eigenvalue weighted by molar-refractivity contribution is 7.18. The zero-order valence-electron chi connectivity index (χ0n) is 15.2. The molecule has 7 heteroatoms. The lowest BCUT2D eigenvalue weighted by Gasteiger charge is -2.35. The lowest BCUT2D eigenvalue weighted by atomic mass is 9.96. The maximum atomic E-state index is 4.61. The van der Waals surface area contributed by atoms with Crippen molar-refractivity contribution in [1.82, 2.24) is 25.1 Å². The van der Waals surface area contributed by atoms with E-state index in [1.807, 2.05) is 0 Å². The van der Waals surface area contributed by atoms with E-state index >= 15 is 0 Å². The van der Waals surface area contributed by atoms with E-state index in [1.165, 1.54) is 52.9 Å². The zero-order chi connectivity index (χ0) is 17.5. The van der Waals surface area contributed by atoms with Gasteiger partial charge in [0.05, 0.1) is 15.9 Å². The van der Waals surface area contributed by atoms with Crippen LogP contribution in [0.15, 0.2) is 11.7 Å². The van der Waals surface area contributed by atoms with Gasteiger partial charge in [-0.15, -0.1) is 11.3 Å². The number of thiophene rings is 1. The molecule has 0 amide bonds. The molecule has 1 saturated heterocycles. The van der Waals surface area contributed by atoms with E-state index < -0.39 is 0 Å². The first-order valence-corrected chi connectivity index (χ1v) is 10.4. The molecule has 2 aliphatic rings. The van der Waals surface area contributed by atoms with Crippen LogP contribution in [0.2, 0.25) is 0 Å². The van der Waals surface area contributed by atoms with Gasteiger partial charge in [-0.3, -0.25) is 10.00 Å². The molecule has 0 unspecified atom stereocenters. The molecule has 0 saturated carbocycles. The Morgan fingerprint density at radius 2 is 1.96 bits per heavy atom. The van der Waals surface area contributed by atoms with E-state index in [2.05, 4.69) is 42.3 Å². The van der Waals surface area contributed by atoms with Gasteiger partial charge in [0.1, 0.15) is 12.1 Å². The summed E-state index contributed by atoms with van der Waals surface area (Å²) in [4.78, 5) is 14.0. The molecule has 1 aliphatic carbocycles. The summed E-state index contributed by atoms with van der Waals surface area (Å²) in [6.45, 7) is 7.22. The largest absolute Gasteiger partial charge is 0.353 e. The summed E-state index contributed by atoms with van der Waals surface area (Å²) >= 11 is 1.76. The van der Waals surface area contributed by atoms with Crippen LogP contribution in [0.5, 0.6) is 0 Å². The number of aromatic nitrogens is 4. The van der Waals surface area contributed by atoms with Gasteiger partial charge in [-0.1, -0.05) is 0 Å². The average Bonchev–Trinajstić information content (AvgIpc) is 3.27. The third kappa shape index (κ3) is 2.79. The Bertz CT molecular complexity index is 921. The number of aromatic amines is 1. The van der Waals surface area contributed by atoms with Gasteiger partial charge in [0, 0.05) is 38.4 Å². The molecule has 1 N–H and O–H groups in total. The van der Waals surface area contributed by atoms with E-state index in [9.17, 15) is 0 Å². The minimum absolute atomic E-state index is 0.969. The number of hydrogen-bond donors (Lipinski definition) is 1. The number of hydrogen-bond acceptors (Lipinski definition) is 6. The normalized spacial score (nSPS) is 18.4. The van der Waals surface area contributed by atoms with Crippen molar-refractivity contribution < 1.29 is 0 Å². The van der Waals surface area contributed by atoms with Crippen molar-refractivity contribution in [1.29, 1.82) is 0 Å². The Labute approximate surface area is 157 Å². The number of H-pyrrole nitrogens is 1. The molecular weight excluding hydrogens is 344 g/mol. The van der Waals surface area contributed by atoms with Crippen LogP contribution in [0.4, 0.5) is 5.82 Å². The van der Waals surface area contributed by atoms with E-state index in [0.29, 0.717) is 0 Å². The van der Waals surface area contributed by atoms with Crippen molar-refractivity contribution >= 4 is 27.4 Å². The van der Waals surface area contributed by atoms with Gasteiger partial charge in [-0.2, -0.15) is 5.10 Å². The molecule has 0 atom stereocenters. The predicted octanol–water partition coefficient (Wildman–Crippen LogP) is 2.92. The highest BCUT2D eigenvalue weighted by Crippen LogP contribution is 2.31. The van der Waals surface area contributed by atoms with Crippen LogP contribution in [0.1, 0.15) is 35.4 Å². The van der Waals surface area contributed by atoms with Gasteiger partial charge in [-0.25, -0.2) is 9.97 Å². The van der Waals surface area contributed by atoms with E-state index in [-0.39, 0.29) is 0 Å². The summed E-state index contributed by atoms with van der Waals surface area (Å²) in [7, 11) is 0. The van der Waals surface area contributed by atoms with Gasteiger partial charge in [-0.05, 0) is 49.1 Å². The molecule has 0 aromatic carbocycles. The van der Waals surface area contributed by atoms with Gasteiger partial charge < -0.3 is 4.90 Å². The Morgan fingerprint density at radius 1 is 1.12 bits per heavy atom. The summed E-state index contributed by atoms with van der Waals surface area (Å²) in [6.07, 6.45) is 6.66. The summed E-state index contributed by atoms with van der Waals surface area (Å²) in [5.74, 6) is 1.10. The Hall–Kier alpha value is -1.99. The molecule has 4 heterocycles. The number of fused-ring (bicyclic) bond motifs is 2. The highest BCUT2D eigenvalue weighted by atomic mass is 32.1. The summed E-state index contributed by atoms with van der Waals surface area (Å²) in [6, 6.07) is 0. The Balaban J connectivity index is 1.28. The molecule has 0 bridgehead atoms. The van der Waals surface area contributed by atoms with Crippen molar-refractivity contribution in [2.24, 2.45) is 0 Å². The lowest BCUT2D eigenvalue weighted by molar-refractivity contribution is 0.246. The summed E-state index contributed by atoms with van der Waals surface area (Å²) in [5.41, 5.74) is 6.49. The van der Waals surface area contributed by atoms with E-state index in [1.54, 1.807) is 17.7 Å². The van der Waals surface area contributed by atoms with Crippen molar-refractivity contribution in [3.8, 4) is 0 Å².